The van der Waals surface area contributed by atoms with Crippen molar-refractivity contribution >= 4 is 16.8 Å². The minimum atomic E-state index is -0.662. The highest BCUT2D eigenvalue weighted by Gasteiger charge is 2.24. The number of rotatable bonds is 3. The van der Waals surface area contributed by atoms with E-state index < -0.39 is 11.6 Å². The van der Waals surface area contributed by atoms with Gasteiger partial charge in [0.1, 0.15) is 17.2 Å². The summed E-state index contributed by atoms with van der Waals surface area (Å²) in [7, 11) is 0. The molecule has 1 aromatic heterocycles. The van der Waals surface area contributed by atoms with Crippen LogP contribution in [0.15, 0.2) is 47.4 Å². The lowest BCUT2D eigenvalue weighted by atomic mass is 9.86. The molecule has 6 heteroatoms. The maximum Gasteiger partial charge on any atom is 0.259 e. The van der Waals surface area contributed by atoms with Gasteiger partial charge in [-0.1, -0.05) is 26.8 Å². The molecule has 1 aliphatic heterocycles. The van der Waals surface area contributed by atoms with Gasteiger partial charge in [0.2, 0.25) is 5.43 Å². The fraction of sp³-hybridized carbons (Fsp3) is 0.385. The average molecular weight is 439 g/mol. The maximum atomic E-state index is 13.8. The van der Waals surface area contributed by atoms with Gasteiger partial charge in [0.25, 0.3) is 5.91 Å². The average Bonchev–Trinajstić information content (AvgIpc) is 2.74. The number of hydrogen-bond donors (Lipinski definition) is 0. The number of carbonyl (C=O) groups is 1. The Morgan fingerprint density at radius 3 is 2.25 bits per heavy atom. The largest absolute Gasteiger partial charge is 0.342 e. The zero-order valence-electron chi connectivity index (χ0n) is 18.8. The molecule has 0 saturated carbocycles. The van der Waals surface area contributed by atoms with Crippen molar-refractivity contribution < 1.29 is 13.6 Å². The van der Waals surface area contributed by atoms with E-state index in [9.17, 15) is 18.4 Å². The number of likely N-dealkylation sites (tertiary alicyclic amines) is 1. The monoisotopic (exact) mass is 438 g/mol. The molecule has 3 aromatic rings. The van der Waals surface area contributed by atoms with Crippen molar-refractivity contribution in [3.63, 3.8) is 0 Å². The highest BCUT2D eigenvalue weighted by Crippen LogP contribution is 2.26. The number of fused-ring (bicyclic) bond motifs is 1. The summed E-state index contributed by atoms with van der Waals surface area (Å²) in [6.07, 6.45) is 4.47. The minimum absolute atomic E-state index is 0.0970. The van der Waals surface area contributed by atoms with Crippen molar-refractivity contribution in [3.8, 4) is 0 Å². The Balaban J connectivity index is 1.89. The van der Waals surface area contributed by atoms with Gasteiger partial charge in [0, 0.05) is 37.3 Å². The van der Waals surface area contributed by atoms with Gasteiger partial charge in [-0.15, -0.1) is 0 Å². The zero-order chi connectivity index (χ0) is 23.0. The second kappa shape index (κ2) is 8.49. The van der Waals surface area contributed by atoms with Crippen molar-refractivity contribution in [1.29, 1.82) is 0 Å². The Hall–Kier alpha value is -3.02. The number of pyridine rings is 1. The van der Waals surface area contributed by atoms with E-state index in [-0.39, 0.29) is 28.9 Å². The second-order valence-corrected chi connectivity index (χ2v) is 9.61. The molecule has 1 amide bonds. The summed E-state index contributed by atoms with van der Waals surface area (Å²) in [5, 5.41) is 0.428. The van der Waals surface area contributed by atoms with Crippen LogP contribution in [0.1, 0.15) is 61.5 Å². The molecule has 0 unspecified atom stereocenters. The van der Waals surface area contributed by atoms with Gasteiger partial charge in [-0.05, 0) is 60.1 Å². The van der Waals surface area contributed by atoms with Crippen molar-refractivity contribution in [2.45, 2.75) is 52.0 Å². The third-order valence-electron chi connectivity index (χ3n) is 6.10. The van der Waals surface area contributed by atoms with E-state index >= 15 is 0 Å². The lowest BCUT2D eigenvalue weighted by Gasteiger charge is -2.27. The van der Waals surface area contributed by atoms with Crippen LogP contribution in [-0.2, 0) is 12.0 Å². The molecule has 0 N–H and O–H groups in total. The summed E-state index contributed by atoms with van der Waals surface area (Å²) >= 11 is 0. The molecule has 0 spiro atoms. The topological polar surface area (TPSA) is 42.3 Å². The third kappa shape index (κ3) is 4.45. The van der Waals surface area contributed by atoms with E-state index in [1.54, 1.807) is 21.7 Å². The summed E-state index contributed by atoms with van der Waals surface area (Å²) in [4.78, 5) is 28.2. The second-order valence-electron chi connectivity index (χ2n) is 9.61. The fourth-order valence-corrected chi connectivity index (χ4v) is 4.31. The Bertz CT molecular complexity index is 1210. The van der Waals surface area contributed by atoms with Crippen LogP contribution in [0, 0.1) is 11.6 Å². The number of piperidine rings is 1. The molecule has 1 aliphatic rings. The van der Waals surface area contributed by atoms with Gasteiger partial charge in [-0.2, -0.15) is 0 Å². The quantitative estimate of drug-likeness (QED) is 0.560. The number of aromatic nitrogens is 1. The molecule has 0 atom stereocenters. The van der Waals surface area contributed by atoms with Crippen molar-refractivity contribution in [2.75, 3.05) is 13.1 Å². The Kier molecular flexibility index (Phi) is 5.89. The Morgan fingerprint density at radius 1 is 0.969 bits per heavy atom. The third-order valence-corrected chi connectivity index (χ3v) is 6.10. The predicted octanol–water partition coefficient (Wildman–Crippen LogP) is 5.25. The summed E-state index contributed by atoms with van der Waals surface area (Å²) in [6, 6.07) is 8.97. The molecule has 1 fully saturated rings. The van der Waals surface area contributed by atoms with Crippen LogP contribution in [-0.4, -0.2) is 28.5 Å². The van der Waals surface area contributed by atoms with Crippen LogP contribution >= 0.6 is 0 Å². The number of benzene rings is 2. The van der Waals surface area contributed by atoms with Crippen LogP contribution in [0.4, 0.5) is 8.78 Å². The van der Waals surface area contributed by atoms with E-state index in [4.69, 9.17) is 0 Å². The van der Waals surface area contributed by atoms with E-state index in [0.29, 0.717) is 29.6 Å². The molecule has 168 valence electrons. The molecular weight excluding hydrogens is 410 g/mol. The van der Waals surface area contributed by atoms with E-state index in [2.05, 4.69) is 20.8 Å². The minimum Gasteiger partial charge on any atom is -0.342 e. The van der Waals surface area contributed by atoms with Crippen LogP contribution in [0.2, 0.25) is 0 Å². The van der Waals surface area contributed by atoms with Crippen LogP contribution in [0.5, 0.6) is 0 Å². The van der Waals surface area contributed by atoms with Crippen LogP contribution < -0.4 is 5.43 Å². The van der Waals surface area contributed by atoms with Gasteiger partial charge in [0.05, 0.1) is 5.52 Å². The highest BCUT2D eigenvalue weighted by molar-refractivity contribution is 5.97. The first-order valence-corrected chi connectivity index (χ1v) is 11.1. The molecule has 0 bridgehead atoms. The van der Waals surface area contributed by atoms with E-state index in [0.717, 1.165) is 30.9 Å². The summed E-state index contributed by atoms with van der Waals surface area (Å²) in [5.74, 6) is -1.61. The van der Waals surface area contributed by atoms with E-state index in [1.807, 2.05) is 12.1 Å². The SMILES string of the molecule is CC(C)(C)c1ccc2c(=O)c(C(=O)N3CCCCC3)cn(Cc3cc(F)cc(F)c3)c2c1. The summed E-state index contributed by atoms with van der Waals surface area (Å²) in [5.41, 5.74) is 1.73. The van der Waals surface area contributed by atoms with Crippen molar-refractivity contribution in [2.24, 2.45) is 0 Å². The lowest BCUT2D eigenvalue weighted by molar-refractivity contribution is 0.0722. The van der Waals surface area contributed by atoms with Gasteiger partial charge < -0.3 is 9.47 Å². The Morgan fingerprint density at radius 2 is 1.62 bits per heavy atom. The number of hydrogen-bond acceptors (Lipinski definition) is 2. The molecule has 0 radical (unpaired) electrons. The molecule has 32 heavy (non-hydrogen) atoms. The normalized spacial score (nSPS) is 14.7. The number of carbonyl (C=O) groups excluding carboxylic acids is 1. The summed E-state index contributed by atoms with van der Waals surface area (Å²) in [6.45, 7) is 7.63. The van der Waals surface area contributed by atoms with Crippen LogP contribution in [0.25, 0.3) is 10.9 Å². The van der Waals surface area contributed by atoms with Crippen molar-refractivity contribution in [1.82, 2.24) is 9.47 Å². The first-order chi connectivity index (χ1) is 15.1. The first-order valence-electron chi connectivity index (χ1n) is 11.1. The highest BCUT2D eigenvalue weighted by atomic mass is 19.1. The first kappa shape index (κ1) is 22.2. The van der Waals surface area contributed by atoms with Gasteiger partial charge >= 0.3 is 0 Å². The maximum absolute atomic E-state index is 13.8. The fourth-order valence-electron chi connectivity index (χ4n) is 4.31. The standard InChI is InChI=1S/C26H28F2N2O2/c1-26(2,3)18-7-8-21-23(13-18)30(15-17-11-19(27)14-20(28)12-17)16-22(24(21)31)25(32)29-9-5-4-6-10-29/h7-8,11-14,16H,4-6,9-10,15H2,1-3H3. The predicted molar refractivity (Wildman–Crippen MR) is 122 cm³/mol. The van der Waals surface area contributed by atoms with E-state index in [1.165, 1.54) is 12.1 Å². The molecule has 1 saturated heterocycles. The van der Waals surface area contributed by atoms with Gasteiger partial charge in [-0.25, -0.2) is 8.78 Å². The molecule has 2 aromatic carbocycles. The Labute approximate surface area is 186 Å². The smallest absolute Gasteiger partial charge is 0.259 e. The molecular formula is C26H28F2N2O2. The number of nitrogens with zero attached hydrogens (tertiary/aromatic N) is 2. The molecule has 0 aliphatic carbocycles. The number of amides is 1. The zero-order valence-corrected chi connectivity index (χ0v) is 18.8. The van der Waals surface area contributed by atoms with Crippen LogP contribution in [0.3, 0.4) is 0 Å². The summed E-state index contributed by atoms with van der Waals surface area (Å²) < 4.78 is 29.4. The molecule has 4 nitrogen and oxygen atoms in total. The van der Waals surface area contributed by atoms with Crippen molar-refractivity contribution in [3.05, 3.63) is 81.1 Å². The van der Waals surface area contributed by atoms with Gasteiger partial charge in [0.15, 0.2) is 0 Å². The lowest BCUT2D eigenvalue weighted by Crippen LogP contribution is -2.38. The number of halogens is 2. The van der Waals surface area contributed by atoms with Gasteiger partial charge in [-0.3, -0.25) is 9.59 Å². The molecule has 2 heterocycles. The molecule has 4 rings (SSSR count).